The van der Waals surface area contributed by atoms with Crippen molar-refractivity contribution in [3.8, 4) is 0 Å². The quantitative estimate of drug-likeness (QED) is 0.655. The summed E-state index contributed by atoms with van der Waals surface area (Å²) in [5, 5.41) is 5.97. The summed E-state index contributed by atoms with van der Waals surface area (Å²) in [6, 6.07) is 6.36. The molecular formula is C25H34N2O4. The minimum absolute atomic E-state index is 0.102. The Labute approximate surface area is 184 Å². The number of rotatable bonds is 7. The summed E-state index contributed by atoms with van der Waals surface area (Å²) in [5.41, 5.74) is 1.44. The van der Waals surface area contributed by atoms with Crippen LogP contribution in [0.25, 0.3) is 0 Å². The predicted octanol–water partition coefficient (Wildman–Crippen LogP) is 3.38. The van der Waals surface area contributed by atoms with E-state index < -0.39 is 12.0 Å². The van der Waals surface area contributed by atoms with E-state index in [-0.39, 0.29) is 29.9 Å². The number of benzene rings is 1. The van der Waals surface area contributed by atoms with Crippen molar-refractivity contribution in [3.63, 3.8) is 0 Å². The van der Waals surface area contributed by atoms with Crippen LogP contribution in [0, 0.1) is 30.6 Å². The molecule has 0 spiro atoms. The van der Waals surface area contributed by atoms with E-state index in [1.807, 2.05) is 32.9 Å². The average Bonchev–Trinajstić information content (AvgIpc) is 2.69. The van der Waals surface area contributed by atoms with Crippen LogP contribution in [0.3, 0.4) is 0 Å². The summed E-state index contributed by atoms with van der Waals surface area (Å²) >= 11 is 0. The van der Waals surface area contributed by atoms with Crippen LogP contribution < -0.4 is 10.6 Å². The number of nitrogens with one attached hydrogen (secondary N) is 2. The molecule has 4 bridgehead atoms. The number of ether oxygens (including phenoxy) is 1. The van der Waals surface area contributed by atoms with Crippen LogP contribution in [-0.4, -0.2) is 36.0 Å². The minimum Gasteiger partial charge on any atom is -0.454 e. The van der Waals surface area contributed by atoms with Crippen molar-refractivity contribution in [2.24, 2.45) is 23.7 Å². The maximum Gasteiger partial charge on any atom is 0.329 e. The zero-order chi connectivity index (χ0) is 22.2. The third-order valence-corrected chi connectivity index (χ3v) is 7.31. The molecular weight excluding hydrogens is 392 g/mol. The number of aryl methyl sites for hydroxylation is 1. The molecule has 1 aromatic rings. The fourth-order valence-electron chi connectivity index (χ4n) is 6.25. The summed E-state index contributed by atoms with van der Waals surface area (Å²) in [5.74, 6) is 0.907. The fourth-order valence-corrected chi connectivity index (χ4v) is 6.25. The normalized spacial score (nSPS) is 29.5. The van der Waals surface area contributed by atoms with Gasteiger partial charge in [0.05, 0.1) is 0 Å². The van der Waals surface area contributed by atoms with Crippen LogP contribution in [0.2, 0.25) is 0 Å². The molecule has 4 aliphatic rings. The Kier molecular flexibility index (Phi) is 6.09. The van der Waals surface area contributed by atoms with Crippen molar-refractivity contribution < 1.29 is 19.1 Å². The lowest BCUT2D eigenvalue weighted by molar-refractivity contribution is -0.152. The molecule has 2 amide bonds. The Morgan fingerprint density at radius 3 is 2.06 bits per heavy atom. The van der Waals surface area contributed by atoms with Crippen LogP contribution in [0.4, 0.5) is 0 Å². The molecule has 2 N–H and O–H groups in total. The van der Waals surface area contributed by atoms with Gasteiger partial charge >= 0.3 is 5.97 Å². The summed E-state index contributed by atoms with van der Waals surface area (Å²) < 4.78 is 5.33. The van der Waals surface area contributed by atoms with Crippen molar-refractivity contribution in [2.75, 3.05) is 6.61 Å². The molecule has 31 heavy (non-hydrogen) atoms. The van der Waals surface area contributed by atoms with Gasteiger partial charge in [0.1, 0.15) is 6.04 Å². The summed E-state index contributed by atoms with van der Waals surface area (Å²) in [6.45, 7) is 5.34. The molecule has 1 aromatic carbocycles. The molecule has 6 heteroatoms. The van der Waals surface area contributed by atoms with Gasteiger partial charge in [-0.25, -0.2) is 4.79 Å². The Balaban J connectivity index is 1.30. The van der Waals surface area contributed by atoms with Gasteiger partial charge in [-0.2, -0.15) is 0 Å². The van der Waals surface area contributed by atoms with Gasteiger partial charge in [0.15, 0.2) is 6.61 Å². The Hall–Kier alpha value is -2.37. The highest BCUT2D eigenvalue weighted by Crippen LogP contribution is 2.55. The van der Waals surface area contributed by atoms with Crippen molar-refractivity contribution in [2.45, 2.75) is 70.9 Å². The van der Waals surface area contributed by atoms with Gasteiger partial charge in [-0.3, -0.25) is 9.59 Å². The molecule has 4 saturated carbocycles. The fraction of sp³-hybridized carbons (Fsp3) is 0.640. The number of hydrogen-bond donors (Lipinski definition) is 2. The first kappa shape index (κ1) is 21.8. The molecule has 168 valence electrons. The number of hydrogen-bond acceptors (Lipinski definition) is 4. The largest absolute Gasteiger partial charge is 0.454 e. The first-order chi connectivity index (χ1) is 14.7. The molecule has 0 radical (unpaired) electrons. The molecule has 1 atom stereocenters. The highest BCUT2D eigenvalue weighted by molar-refractivity contribution is 5.97. The van der Waals surface area contributed by atoms with Gasteiger partial charge in [-0.1, -0.05) is 31.5 Å². The number of amides is 2. The van der Waals surface area contributed by atoms with Crippen molar-refractivity contribution in [3.05, 3.63) is 35.4 Å². The third-order valence-electron chi connectivity index (χ3n) is 7.31. The van der Waals surface area contributed by atoms with Gasteiger partial charge < -0.3 is 15.4 Å². The van der Waals surface area contributed by atoms with E-state index in [1.165, 1.54) is 19.3 Å². The monoisotopic (exact) mass is 426 g/mol. The van der Waals surface area contributed by atoms with E-state index in [9.17, 15) is 14.4 Å². The van der Waals surface area contributed by atoms with Crippen molar-refractivity contribution >= 4 is 17.8 Å². The Morgan fingerprint density at radius 1 is 1.00 bits per heavy atom. The number of esters is 1. The topological polar surface area (TPSA) is 84.5 Å². The molecule has 4 aliphatic carbocycles. The Bertz CT molecular complexity index is 810. The lowest BCUT2D eigenvalue weighted by atomic mass is 9.53. The summed E-state index contributed by atoms with van der Waals surface area (Å²) in [7, 11) is 0. The van der Waals surface area contributed by atoms with E-state index in [0.717, 1.165) is 42.6 Å². The second kappa shape index (κ2) is 8.64. The third kappa shape index (κ3) is 4.94. The van der Waals surface area contributed by atoms with Gasteiger partial charge in [-0.15, -0.1) is 0 Å². The SMILES string of the molecule is Cc1ccc(C(=O)N[C@H](C(=O)OCC(=O)NC23CC4CC(CC(C4)C2)C3)C(C)C)cc1. The van der Waals surface area contributed by atoms with Gasteiger partial charge in [0.2, 0.25) is 0 Å². The number of carbonyl (C=O) groups excluding carboxylic acids is 3. The highest BCUT2D eigenvalue weighted by Gasteiger charge is 2.51. The Morgan fingerprint density at radius 2 is 1.55 bits per heavy atom. The molecule has 4 fully saturated rings. The van der Waals surface area contributed by atoms with E-state index in [4.69, 9.17) is 4.74 Å². The first-order valence-electron chi connectivity index (χ1n) is 11.6. The van der Waals surface area contributed by atoms with E-state index in [0.29, 0.717) is 5.56 Å². The van der Waals surface area contributed by atoms with E-state index in [1.54, 1.807) is 12.1 Å². The van der Waals surface area contributed by atoms with Crippen LogP contribution in [0.15, 0.2) is 24.3 Å². The molecule has 6 nitrogen and oxygen atoms in total. The molecule has 0 aliphatic heterocycles. The van der Waals surface area contributed by atoms with Gasteiger partial charge in [0, 0.05) is 11.1 Å². The predicted molar refractivity (Wildman–Crippen MR) is 117 cm³/mol. The molecule has 0 heterocycles. The molecule has 0 unspecified atom stereocenters. The van der Waals surface area contributed by atoms with Crippen LogP contribution in [-0.2, 0) is 14.3 Å². The summed E-state index contributed by atoms with van der Waals surface area (Å²) in [6.07, 6.45) is 7.09. The van der Waals surface area contributed by atoms with E-state index >= 15 is 0 Å². The van der Waals surface area contributed by atoms with Crippen molar-refractivity contribution in [1.29, 1.82) is 0 Å². The zero-order valence-electron chi connectivity index (χ0n) is 18.8. The number of carbonyl (C=O) groups is 3. The lowest BCUT2D eigenvalue weighted by Gasteiger charge is -2.56. The zero-order valence-corrected chi connectivity index (χ0v) is 18.8. The highest BCUT2D eigenvalue weighted by atomic mass is 16.5. The summed E-state index contributed by atoms with van der Waals surface area (Å²) in [4.78, 5) is 37.8. The van der Waals surface area contributed by atoms with Crippen LogP contribution in [0.1, 0.15) is 68.3 Å². The van der Waals surface area contributed by atoms with Crippen molar-refractivity contribution in [1.82, 2.24) is 10.6 Å². The molecule has 0 aromatic heterocycles. The first-order valence-corrected chi connectivity index (χ1v) is 11.6. The minimum atomic E-state index is -0.804. The second-order valence-electron chi connectivity index (χ2n) is 10.4. The lowest BCUT2D eigenvalue weighted by Crippen LogP contribution is -2.60. The van der Waals surface area contributed by atoms with E-state index in [2.05, 4.69) is 10.6 Å². The maximum atomic E-state index is 12.7. The van der Waals surface area contributed by atoms with Gasteiger partial charge in [0.25, 0.3) is 11.8 Å². The smallest absolute Gasteiger partial charge is 0.329 e. The van der Waals surface area contributed by atoms with Crippen LogP contribution >= 0.6 is 0 Å². The second-order valence-corrected chi connectivity index (χ2v) is 10.4. The van der Waals surface area contributed by atoms with Gasteiger partial charge in [-0.05, 0) is 81.3 Å². The molecule has 0 saturated heterocycles. The standard InChI is InChI=1S/C25H34N2O4/c1-15(2)22(26-23(29)20-6-4-16(3)5-7-20)24(30)31-14-21(28)27-25-11-17-8-18(12-25)10-19(9-17)13-25/h4-7,15,17-19,22H,8-14H2,1-3H3,(H,26,29)(H,27,28)/t17?,18?,19?,22-,25?/m0/s1. The maximum absolute atomic E-state index is 12.7. The van der Waals surface area contributed by atoms with Crippen LogP contribution in [0.5, 0.6) is 0 Å². The molecule has 5 rings (SSSR count). The average molecular weight is 427 g/mol.